The topological polar surface area (TPSA) is 55.2 Å². The van der Waals surface area contributed by atoms with E-state index in [-0.39, 0.29) is 5.92 Å². The van der Waals surface area contributed by atoms with Crippen molar-refractivity contribution in [2.75, 3.05) is 13.1 Å². The van der Waals surface area contributed by atoms with E-state index in [1.165, 1.54) is 11.3 Å². The smallest absolute Gasteiger partial charge is 0.252 e. The van der Waals surface area contributed by atoms with E-state index >= 15 is 0 Å². The van der Waals surface area contributed by atoms with Gasteiger partial charge in [-0.25, -0.2) is 13.4 Å². The van der Waals surface area contributed by atoms with E-state index < -0.39 is 10.0 Å². The number of nitrogens with zero attached hydrogens (tertiary/aromatic N) is 3. The lowest BCUT2D eigenvalue weighted by Gasteiger charge is -2.37. The Kier molecular flexibility index (Phi) is 3.90. The summed E-state index contributed by atoms with van der Waals surface area (Å²) >= 11 is 1.27. The van der Waals surface area contributed by atoms with Crippen LogP contribution in [0, 0.1) is 6.92 Å². The summed E-state index contributed by atoms with van der Waals surface area (Å²) in [5.41, 5.74) is 1.14. The summed E-state index contributed by atoms with van der Waals surface area (Å²) in [4.78, 5) is 4.48. The highest BCUT2D eigenvalue weighted by atomic mass is 32.2. The van der Waals surface area contributed by atoms with Gasteiger partial charge in [-0.05, 0) is 24.8 Å². The monoisotopic (exact) mass is 325 g/mol. The third kappa shape index (κ3) is 2.54. The lowest BCUT2D eigenvalue weighted by atomic mass is 10.0. The first-order valence-electron chi connectivity index (χ1n) is 7.09. The Morgan fingerprint density at radius 1 is 1.43 bits per heavy atom. The Morgan fingerprint density at radius 2 is 2.19 bits per heavy atom. The van der Waals surface area contributed by atoms with Gasteiger partial charge in [-0.2, -0.15) is 4.31 Å². The van der Waals surface area contributed by atoms with Crippen molar-refractivity contribution in [3.05, 3.63) is 35.2 Å². The molecule has 3 rings (SSSR count). The summed E-state index contributed by atoms with van der Waals surface area (Å²) in [6.07, 6.45) is 2.93. The molecule has 5 nitrogen and oxygen atoms in total. The molecule has 2 aromatic heterocycles. The van der Waals surface area contributed by atoms with Gasteiger partial charge in [0.1, 0.15) is 10.0 Å². The second-order valence-corrected chi connectivity index (χ2v) is 8.47. The summed E-state index contributed by atoms with van der Waals surface area (Å²) < 4.78 is 28.9. The quantitative estimate of drug-likeness (QED) is 0.848. The van der Waals surface area contributed by atoms with Gasteiger partial charge in [0.25, 0.3) is 10.0 Å². The molecule has 21 heavy (non-hydrogen) atoms. The molecule has 0 aliphatic carbocycles. The molecule has 7 heteroatoms. The van der Waals surface area contributed by atoms with Crippen LogP contribution in [-0.2, 0) is 16.6 Å². The molecule has 1 aliphatic rings. The molecule has 1 aliphatic heterocycles. The average Bonchev–Trinajstić information content (AvgIpc) is 3.01. The van der Waals surface area contributed by atoms with E-state index in [0.717, 1.165) is 24.5 Å². The maximum absolute atomic E-state index is 12.4. The van der Waals surface area contributed by atoms with Crippen LogP contribution in [0.2, 0.25) is 0 Å². The van der Waals surface area contributed by atoms with Crippen molar-refractivity contribution in [3.63, 3.8) is 0 Å². The van der Waals surface area contributed by atoms with Crippen LogP contribution in [0.4, 0.5) is 0 Å². The molecule has 0 amide bonds. The van der Waals surface area contributed by atoms with Crippen LogP contribution in [0.3, 0.4) is 0 Å². The minimum absolute atomic E-state index is 0.208. The normalized spacial score (nSPS) is 17.0. The standard InChI is InChI=1S/C14H19N3O2S2/c1-3-6-17-11(2)8-15-14(17)12-9-16(10-12)21(18,19)13-5-4-7-20-13/h4-5,7-8,12H,3,6,9-10H2,1-2H3. The van der Waals surface area contributed by atoms with Gasteiger partial charge < -0.3 is 4.57 Å². The van der Waals surface area contributed by atoms with Gasteiger partial charge in [-0.15, -0.1) is 11.3 Å². The summed E-state index contributed by atoms with van der Waals surface area (Å²) in [7, 11) is -3.30. The van der Waals surface area contributed by atoms with E-state index in [9.17, 15) is 8.42 Å². The summed E-state index contributed by atoms with van der Waals surface area (Å²) in [5.74, 6) is 1.23. The predicted molar refractivity (Wildman–Crippen MR) is 83.1 cm³/mol. The Balaban J connectivity index is 1.74. The highest BCUT2D eigenvalue weighted by molar-refractivity contribution is 7.91. The molecule has 0 N–H and O–H groups in total. The maximum Gasteiger partial charge on any atom is 0.252 e. The second kappa shape index (κ2) is 5.55. The van der Waals surface area contributed by atoms with E-state index in [0.29, 0.717) is 17.3 Å². The van der Waals surface area contributed by atoms with Gasteiger partial charge in [0.05, 0.1) is 0 Å². The van der Waals surface area contributed by atoms with Crippen LogP contribution in [-0.4, -0.2) is 35.4 Å². The van der Waals surface area contributed by atoms with Crippen LogP contribution >= 0.6 is 11.3 Å². The first-order valence-corrected chi connectivity index (χ1v) is 9.41. The zero-order valence-electron chi connectivity index (χ0n) is 12.2. The van der Waals surface area contributed by atoms with Crippen LogP contribution in [0.25, 0.3) is 0 Å². The van der Waals surface area contributed by atoms with E-state index in [2.05, 4.69) is 16.5 Å². The third-order valence-electron chi connectivity index (χ3n) is 3.84. The molecule has 0 aromatic carbocycles. The SMILES string of the molecule is CCCn1c(C)cnc1C1CN(S(=O)(=O)c2cccs2)C1. The number of hydrogen-bond acceptors (Lipinski definition) is 4. The van der Waals surface area contributed by atoms with Crippen molar-refractivity contribution in [1.29, 1.82) is 0 Å². The van der Waals surface area contributed by atoms with Gasteiger partial charge in [-0.3, -0.25) is 0 Å². The number of imidazole rings is 1. The highest BCUT2D eigenvalue weighted by Crippen LogP contribution is 2.33. The van der Waals surface area contributed by atoms with Gasteiger partial charge in [0, 0.05) is 37.4 Å². The minimum Gasteiger partial charge on any atom is -0.332 e. The molecule has 0 spiro atoms. The average molecular weight is 325 g/mol. The fourth-order valence-electron chi connectivity index (χ4n) is 2.66. The minimum atomic E-state index is -3.30. The Bertz CT molecular complexity index is 713. The van der Waals surface area contributed by atoms with Crippen molar-refractivity contribution in [1.82, 2.24) is 13.9 Å². The molecule has 0 atom stereocenters. The molecule has 1 fully saturated rings. The van der Waals surface area contributed by atoms with Crippen LogP contribution in [0.5, 0.6) is 0 Å². The van der Waals surface area contributed by atoms with E-state index in [4.69, 9.17) is 0 Å². The van der Waals surface area contributed by atoms with Gasteiger partial charge in [0.2, 0.25) is 0 Å². The summed E-state index contributed by atoms with van der Waals surface area (Å²) in [6, 6.07) is 3.43. The number of hydrogen-bond donors (Lipinski definition) is 0. The van der Waals surface area contributed by atoms with Crippen molar-refractivity contribution < 1.29 is 8.42 Å². The molecule has 2 aromatic rings. The Hall–Kier alpha value is -1.18. The second-order valence-electron chi connectivity index (χ2n) is 5.36. The van der Waals surface area contributed by atoms with Crippen molar-refractivity contribution in [3.8, 4) is 0 Å². The first kappa shape index (κ1) is 14.7. The zero-order chi connectivity index (χ0) is 15.0. The fraction of sp³-hybridized carbons (Fsp3) is 0.500. The molecule has 114 valence electrons. The number of aromatic nitrogens is 2. The van der Waals surface area contributed by atoms with Crippen LogP contribution < -0.4 is 0 Å². The largest absolute Gasteiger partial charge is 0.332 e. The van der Waals surface area contributed by atoms with Gasteiger partial charge in [-0.1, -0.05) is 13.0 Å². The van der Waals surface area contributed by atoms with Crippen LogP contribution in [0.1, 0.15) is 30.8 Å². The van der Waals surface area contributed by atoms with Crippen molar-refractivity contribution in [2.45, 2.75) is 36.9 Å². The number of aryl methyl sites for hydroxylation is 1. The number of rotatable bonds is 5. The van der Waals surface area contributed by atoms with E-state index in [1.54, 1.807) is 21.8 Å². The summed E-state index contributed by atoms with van der Waals surface area (Å²) in [5, 5.41) is 1.79. The number of thiophene rings is 1. The Morgan fingerprint density at radius 3 is 2.81 bits per heavy atom. The first-order chi connectivity index (χ1) is 10.0. The molecule has 1 saturated heterocycles. The molecular formula is C14H19N3O2S2. The lowest BCUT2D eigenvalue weighted by molar-refractivity contribution is 0.251. The van der Waals surface area contributed by atoms with Crippen LogP contribution in [0.15, 0.2) is 27.9 Å². The highest BCUT2D eigenvalue weighted by Gasteiger charge is 2.39. The summed E-state index contributed by atoms with van der Waals surface area (Å²) in [6.45, 7) is 6.18. The molecule has 3 heterocycles. The fourth-order valence-corrected chi connectivity index (χ4v) is 5.33. The van der Waals surface area contributed by atoms with Gasteiger partial charge in [0.15, 0.2) is 0 Å². The maximum atomic E-state index is 12.4. The molecule has 0 saturated carbocycles. The van der Waals surface area contributed by atoms with Crippen molar-refractivity contribution in [2.24, 2.45) is 0 Å². The predicted octanol–water partition coefficient (Wildman–Crippen LogP) is 2.45. The zero-order valence-corrected chi connectivity index (χ0v) is 13.8. The molecule has 0 unspecified atom stereocenters. The number of sulfonamides is 1. The van der Waals surface area contributed by atoms with Gasteiger partial charge >= 0.3 is 0 Å². The lowest BCUT2D eigenvalue weighted by Crippen LogP contribution is -2.49. The molecule has 0 radical (unpaired) electrons. The molecular weight excluding hydrogens is 306 g/mol. The molecule has 0 bridgehead atoms. The third-order valence-corrected chi connectivity index (χ3v) is 7.04. The van der Waals surface area contributed by atoms with E-state index in [1.807, 2.05) is 13.1 Å². The Labute approximate surface area is 129 Å². The van der Waals surface area contributed by atoms with Crippen molar-refractivity contribution >= 4 is 21.4 Å².